The maximum absolute atomic E-state index is 5.39. The lowest BCUT2D eigenvalue weighted by atomic mass is 9.88. The highest BCUT2D eigenvalue weighted by molar-refractivity contribution is 5.91. The van der Waals surface area contributed by atoms with Crippen molar-refractivity contribution in [3.05, 3.63) is 47.7 Å². The van der Waals surface area contributed by atoms with Gasteiger partial charge in [-0.25, -0.2) is 4.98 Å². The molecule has 3 aromatic rings. The third-order valence-corrected chi connectivity index (χ3v) is 7.24. The number of ether oxygens (including phenoxy) is 1. The third-order valence-electron chi connectivity index (χ3n) is 7.24. The number of rotatable bonds is 8. The quantitative estimate of drug-likeness (QED) is 0.476. The van der Waals surface area contributed by atoms with Gasteiger partial charge < -0.3 is 14.6 Å². The maximum atomic E-state index is 5.39. The fourth-order valence-corrected chi connectivity index (χ4v) is 5.14. The lowest BCUT2D eigenvalue weighted by Crippen LogP contribution is -2.33. The standard InChI is InChI=1S/C27H35N3O/c1-3-4-13-30-14-10-20(11-15-30)21-7-8-25-23(17-21)24(16-19-5-6-19)27(29-25)22-9-12-28-26(18-22)31-2/h7-9,12,17-20,29H,3-6,10-11,13-16H2,1-2H3. The van der Waals surface area contributed by atoms with Gasteiger partial charge in [-0.3, -0.25) is 0 Å². The van der Waals surface area contributed by atoms with E-state index in [1.54, 1.807) is 7.11 Å². The largest absolute Gasteiger partial charge is 0.481 e. The Morgan fingerprint density at radius 2 is 1.94 bits per heavy atom. The van der Waals surface area contributed by atoms with Gasteiger partial charge in [0.25, 0.3) is 0 Å². The van der Waals surface area contributed by atoms with Gasteiger partial charge in [-0.1, -0.05) is 19.4 Å². The summed E-state index contributed by atoms with van der Waals surface area (Å²) in [6, 6.07) is 11.3. The molecule has 31 heavy (non-hydrogen) atoms. The zero-order chi connectivity index (χ0) is 21.2. The molecule has 2 aromatic heterocycles. The van der Waals surface area contributed by atoms with E-state index in [1.165, 1.54) is 97.9 Å². The van der Waals surface area contributed by atoms with Crippen LogP contribution in [0.1, 0.15) is 62.5 Å². The van der Waals surface area contributed by atoms with E-state index in [0.29, 0.717) is 11.8 Å². The number of aromatic nitrogens is 2. The van der Waals surface area contributed by atoms with Gasteiger partial charge in [0.15, 0.2) is 0 Å². The summed E-state index contributed by atoms with van der Waals surface area (Å²) >= 11 is 0. The molecule has 1 N–H and O–H groups in total. The molecule has 0 bridgehead atoms. The monoisotopic (exact) mass is 417 g/mol. The minimum absolute atomic E-state index is 0.670. The molecular formula is C27H35N3O. The van der Waals surface area contributed by atoms with Crippen molar-refractivity contribution >= 4 is 10.9 Å². The van der Waals surface area contributed by atoms with E-state index < -0.39 is 0 Å². The molecule has 2 aliphatic rings. The van der Waals surface area contributed by atoms with Crippen molar-refractivity contribution < 1.29 is 4.74 Å². The van der Waals surface area contributed by atoms with Crippen molar-refractivity contribution in [3.8, 4) is 17.1 Å². The number of unbranched alkanes of at least 4 members (excludes halogenated alkanes) is 1. The van der Waals surface area contributed by atoms with Gasteiger partial charge >= 0.3 is 0 Å². The van der Waals surface area contributed by atoms with Gasteiger partial charge in [0, 0.05) is 34.4 Å². The number of fused-ring (bicyclic) bond motifs is 1. The second-order valence-corrected chi connectivity index (χ2v) is 9.49. The van der Waals surface area contributed by atoms with E-state index >= 15 is 0 Å². The highest BCUT2D eigenvalue weighted by atomic mass is 16.5. The number of nitrogens with one attached hydrogen (secondary N) is 1. The summed E-state index contributed by atoms with van der Waals surface area (Å²) in [4.78, 5) is 10.7. The van der Waals surface area contributed by atoms with Crippen LogP contribution in [0.4, 0.5) is 0 Å². The minimum Gasteiger partial charge on any atom is -0.481 e. The molecular weight excluding hydrogens is 382 g/mol. The maximum Gasteiger partial charge on any atom is 0.213 e. The summed E-state index contributed by atoms with van der Waals surface area (Å²) < 4.78 is 5.39. The van der Waals surface area contributed by atoms with Gasteiger partial charge in [0.05, 0.1) is 7.11 Å². The summed E-state index contributed by atoms with van der Waals surface area (Å²) in [6.07, 6.45) is 10.9. The Labute approximate surface area is 186 Å². The third kappa shape index (κ3) is 4.50. The summed E-state index contributed by atoms with van der Waals surface area (Å²) in [7, 11) is 1.68. The van der Waals surface area contributed by atoms with Crippen molar-refractivity contribution in [3.63, 3.8) is 0 Å². The molecule has 0 atom stereocenters. The molecule has 4 heteroatoms. The zero-order valence-corrected chi connectivity index (χ0v) is 19.0. The molecule has 1 aliphatic carbocycles. The van der Waals surface area contributed by atoms with Crippen LogP contribution >= 0.6 is 0 Å². The summed E-state index contributed by atoms with van der Waals surface area (Å²) in [5, 5.41) is 1.42. The molecule has 0 radical (unpaired) electrons. The molecule has 1 saturated carbocycles. The van der Waals surface area contributed by atoms with Crippen LogP contribution < -0.4 is 4.74 Å². The number of H-pyrrole nitrogens is 1. The molecule has 164 valence electrons. The van der Waals surface area contributed by atoms with E-state index in [2.05, 4.69) is 46.1 Å². The zero-order valence-electron chi connectivity index (χ0n) is 19.0. The number of likely N-dealkylation sites (tertiary alicyclic amines) is 1. The van der Waals surface area contributed by atoms with E-state index in [9.17, 15) is 0 Å². The van der Waals surface area contributed by atoms with Crippen molar-refractivity contribution in [2.75, 3.05) is 26.7 Å². The van der Waals surface area contributed by atoms with E-state index in [1.807, 2.05) is 12.3 Å². The topological polar surface area (TPSA) is 41.2 Å². The average molecular weight is 418 g/mol. The first-order valence-corrected chi connectivity index (χ1v) is 12.1. The SMILES string of the molecule is CCCCN1CCC(c2ccc3[nH]c(-c4ccnc(OC)c4)c(CC4CC4)c3c2)CC1. The summed E-state index contributed by atoms with van der Waals surface area (Å²) in [5.74, 6) is 2.20. The van der Waals surface area contributed by atoms with Crippen LogP contribution in [-0.2, 0) is 6.42 Å². The number of piperidine rings is 1. The molecule has 0 unspecified atom stereocenters. The predicted octanol–water partition coefficient (Wildman–Crippen LogP) is 6.17. The number of benzene rings is 1. The number of nitrogens with zero attached hydrogens (tertiary/aromatic N) is 2. The lowest BCUT2D eigenvalue weighted by molar-refractivity contribution is 0.210. The van der Waals surface area contributed by atoms with E-state index in [4.69, 9.17) is 4.74 Å². The van der Waals surface area contributed by atoms with E-state index in [0.717, 1.165) is 5.92 Å². The smallest absolute Gasteiger partial charge is 0.213 e. The predicted molar refractivity (Wildman–Crippen MR) is 128 cm³/mol. The van der Waals surface area contributed by atoms with Crippen molar-refractivity contribution in [1.82, 2.24) is 14.9 Å². The Balaban J connectivity index is 1.45. The molecule has 1 aliphatic heterocycles. The van der Waals surface area contributed by atoms with Crippen molar-refractivity contribution in [1.29, 1.82) is 0 Å². The van der Waals surface area contributed by atoms with Crippen LogP contribution in [0.5, 0.6) is 5.88 Å². The Hall–Kier alpha value is -2.33. The first-order valence-electron chi connectivity index (χ1n) is 12.1. The van der Waals surface area contributed by atoms with Crippen molar-refractivity contribution in [2.45, 2.75) is 57.8 Å². The number of methoxy groups -OCH3 is 1. The first kappa shape index (κ1) is 20.6. The van der Waals surface area contributed by atoms with Crippen LogP contribution in [0.3, 0.4) is 0 Å². The summed E-state index contributed by atoms with van der Waals surface area (Å²) in [5.41, 5.74) is 6.68. The molecule has 3 heterocycles. The molecule has 2 fully saturated rings. The Bertz CT molecular complexity index is 1030. The average Bonchev–Trinajstić information content (AvgIpc) is 3.57. The van der Waals surface area contributed by atoms with Gasteiger partial charge in [-0.05, 0) is 99.3 Å². The fraction of sp³-hybridized carbons (Fsp3) is 0.519. The van der Waals surface area contributed by atoms with Gasteiger partial charge in [0.2, 0.25) is 5.88 Å². The van der Waals surface area contributed by atoms with Crippen LogP contribution in [0.15, 0.2) is 36.5 Å². The molecule has 1 saturated heterocycles. The van der Waals surface area contributed by atoms with Gasteiger partial charge in [-0.2, -0.15) is 0 Å². The van der Waals surface area contributed by atoms with Crippen molar-refractivity contribution in [2.24, 2.45) is 5.92 Å². The molecule has 4 nitrogen and oxygen atoms in total. The molecule has 1 aromatic carbocycles. The lowest BCUT2D eigenvalue weighted by Gasteiger charge is -2.32. The van der Waals surface area contributed by atoms with Crippen LogP contribution in [0.2, 0.25) is 0 Å². The second-order valence-electron chi connectivity index (χ2n) is 9.49. The number of hydrogen-bond donors (Lipinski definition) is 1. The fourth-order valence-electron chi connectivity index (χ4n) is 5.14. The van der Waals surface area contributed by atoms with Gasteiger partial charge in [0.1, 0.15) is 0 Å². The second kappa shape index (κ2) is 9.04. The Morgan fingerprint density at radius 1 is 1.10 bits per heavy atom. The summed E-state index contributed by atoms with van der Waals surface area (Å²) in [6.45, 7) is 6.04. The highest BCUT2D eigenvalue weighted by Crippen LogP contribution is 2.40. The normalized spacial score (nSPS) is 18.0. The minimum atomic E-state index is 0.670. The molecule has 5 rings (SSSR count). The Morgan fingerprint density at radius 3 is 2.68 bits per heavy atom. The van der Waals surface area contributed by atoms with Gasteiger partial charge in [-0.15, -0.1) is 0 Å². The number of aromatic amines is 1. The number of pyridine rings is 1. The van der Waals surface area contributed by atoms with Crippen LogP contribution in [0, 0.1) is 5.92 Å². The molecule has 0 amide bonds. The molecule has 0 spiro atoms. The Kier molecular flexibility index (Phi) is 5.99. The van der Waals surface area contributed by atoms with Crippen LogP contribution in [0.25, 0.3) is 22.2 Å². The van der Waals surface area contributed by atoms with E-state index in [-0.39, 0.29) is 0 Å². The van der Waals surface area contributed by atoms with Crippen LogP contribution in [-0.4, -0.2) is 41.6 Å². The first-order chi connectivity index (χ1) is 15.2. The number of hydrogen-bond acceptors (Lipinski definition) is 3. The highest BCUT2D eigenvalue weighted by Gasteiger charge is 2.26.